The Labute approximate surface area is 103 Å². The number of hydrazine groups is 1. The van der Waals surface area contributed by atoms with Gasteiger partial charge >= 0.3 is 0 Å². The summed E-state index contributed by atoms with van der Waals surface area (Å²) in [6.45, 7) is 2.20. The number of halogens is 2. The summed E-state index contributed by atoms with van der Waals surface area (Å²) >= 11 is 0. The molecule has 96 valence electrons. The second kappa shape index (κ2) is 5.24. The molecule has 0 saturated heterocycles. The summed E-state index contributed by atoms with van der Waals surface area (Å²) in [4.78, 5) is 4.05. The van der Waals surface area contributed by atoms with E-state index in [2.05, 4.69) is 10.4 Å². The van der Waals surface area contributed by atoms with Gasteiger partial charge in [0.15, 0.2) is 11.6 Å². The van der Waals surface area contributed by atoms with E-state index in [1.54, 1.807) is 6.08 Å². The molecule has 0 aromatic heterocycles. The maximum atomic E-state index is 13.4. The lowest BCUT2D eigenvalue weighted by molar-refractivity contribution is 0.443. The Morgan fingerprint density at radius 1 is 1.39 bits per heavy atom. The number of hydrogen-bond acceptors (Lipinski definition) is 4. The van der Waals surface area contributed by atoms with Gasteiger partial charge in [0, 0.05) is 6.08 Å². The minimum atomic E-state index is -0.761. The molecule has 6 heteroatoms. The molecule has 0 amide bonds. The number of aliphatic imine (C=N–C) groups is 1. The standard InChI is InChI=1S/C12H13F2N3O/c1-7-5-11(16-6-10(7)17-15)18-12-8(13)3-2-4-9(12)14/h2-5,10,17H,6,15H2,1H3. The number of nitrogens with two attached hydrogens (primary N) is 1. The Morgan fingerprint density at radius 2 is 2.06 bits per heavy atom. The van der Waals surface area contributed by atoms with Gasteiger partial charge in [-0.25, -0.2) is 13.8 Å². The highest BCUT2D eigenvalue weighted by Gasteiger charge is 2.18. The van der Waals surface area contributed by atoms with Crippen molar-refractivity contribution in [3.8, 4) is 5.75 Å². The molecule has 1 atom stereocenters. The van der Waals surface area contributed by atoms with E-state index in [9.17, 15) is 8.78 Å². The first-order valence-corrected chi connectivity index (χ1v) is 5.42. The molecule has 0 radical (unpaired) electrons. The molecular formula is C12H13F2N3O. The van der Waals surface area contributed by atoms with Crippen molar-refractivity contribution in [2.45, 2.75) is 13.0 Å². The van der Waals surface area contributed by atoms with Crippen LogP contribution in [0.5, 0.6) is 5.75 Å². The molecule has 0 saturated carbocycles. The monoisotopic (exact) mass is 253 g/mol. The summed E-state index contributed by atoms with van der Waals surface area (Å²) in [5.74, 6) is 3.52. The van der Waals surface area contributed by atoms with Crippen LogP contribution in [0.1, 0.15) is 6.92 Å². The van der Waals surface area contributed by atoms with Gasteiger partial charge < -0.3 is 4.74 Å². The number of nitrogens with zero attached hydrogens (tertiary/aromatic N) is 1. The van der Waals surface area contributed by atoms with Crippen LogP contribution in [0.4, 0.5) is 8.78 Å². The Bertz CT molecular complexity index is 494. The van der Waals surface area contributed by atoms with Crippen LogP contribution < -0.4 is 16.0 Å². The maximum absolute atomic E-state index is 13.4. The fourth-order valence-corrected chi connectivity index (χ4v) is 1.60. The van der Waals surface area contributed by atoms with Crippen LogP contribution in [0.15, 0.2) is 34.8 Å². The molecule has 1 aliphatic heterocycles. The topological polar surface area (TPSA) is 59.6 Å². The zero-order chi connectivity index (χ0) is 13.1. The zero-order valence-corrected chi connectivity index (χ0v) is 9.78. The van der Waals surface area contributed by atoms with E-state index in [-0.39, 0.29) is 11.9 Å². The SMILES string of the molecule is CC1=CC(Oc2c(F)cccc2F)=NCC1NN. The smallest absolute Gasteiger partial charge is 0.215 e. The van der Waals surface area contributed by atoms with E-state index < -0.39 is 17.4 Å². The van der Waals surface area contributed by atoms with Crippen LogP contribution in [0.2, 0.25) is 0 Å². The Kier molecular flexibility index (Phi) is 3.69. The molecule has 18 heavy (non-hydrogen) atoms. The van der Waals surface area contributed by atoms with E-state index in [0.717, 1.165) is 17.7 Å². The Hall–Kier alpha value is -1.79. The summed E-state index contributed by atoms with van der Waals surface area (Å²) in [5.41, 5.74) is 3.47. The summed E-state index contributed by atoms with van der Waals surface area (Å²) in [5, 5.41) is 0. The van der Waals surface area contributed by atoms with E-state index in [0.29, 0.717) is 6.54 Å². The fourth-order valence-electron chi connectivity index (χ4n) is 1.60. The minimum absolute atomic E-state index is 0.0807. The van der Waals surface area contributed by atoms with Crippen molar-refractivity contribution in [2.24, 2.45) is 10.8 Å². The third kappa shape index (κ3) is 2.55. The number of nitrogens with one attached hydrogen (secondary N) is 1. The molecule has 0 aliphatic carbocycles. The highest BCUT2D eigenvalue weighted by Crippen LogP contribution is 2.22. The second-order valence-electron chi connectivity index (χ2n) is 3.94. The van der Waals surface area contributed by atoms with Crippen molar-refractivity contribution in [3.63, 3.8) is 0 Å². The second-order valence-corrected chi connectivity index (χ2v) is 3.94. The predicted octanol–water partition coefficient (Wildman–Crippen LogP) is 1.53. The molecule has 1 unspecified atom stereocenters. The van der Waals surface area contributed by atoms with Crippen molar-refractivity contribution >= 4 is 5.90 Å². The zero-order valence-electron chi connectivity index (χ0n) is 9.78. The van der Waals surface area contributed by atoms with Crippen molar-refractivity contribution in [1.82, 2.24) is 5.43 Å². The molecule has 4 nitrogen and oxygen atoms in total. The third-order valence-electron chi connectivity index (χ3n) is 2.66. The molecule has 1 aromatic rings. The normalized spacial score (nSPS) is 19.2. The average Bonchev–Trinajstić information content (AvgIpc) is 2.34. The molecule has 1 aromatic carbocycles. The molecule has 0 fully saturated rings. The summed E-state index contributed by atoms with van der Waals surface area (Å²) in [6, 6.07) is 3.45. The van der Waals surface area contributed by atoms with Crippen LogP contribution in [0.3, 0.4) is 0 Å². The third-order valence-corrected chi connectivity index (χ3v) is 2.66. The number of rotatable bonds is 2. The van der Waals surface area contributed by atoms with E-state index in [1.807, 2.05) is 6.92 Å². The number of hydrogen-bond donors (Lipinski definition) is 2. The van der Waals surface area contributed by atoms with Gasteiger partial charge in [0.05, 0.1) is 12.6 Å². The Morgan fingerprint density at radius 3 is 2.61 bits per heavy atom. The number of benzene rings is 1. The van der Waals surface area contributed by atoms with Gasteiger partial charge in [0.2, 0.25) is 11.6 Å². The molecule has 0 bridgehead atoms. The first-order valence-electron chi connectivity index (χ1n) is 5.42. The van der Waals surface area contributed by atoms with Crippen molar-refractivity contribution < 1.29 is 13.5 Å². The van der Waals surface area contributed by atoms with E-state index in [1.165, 1.54) is 6.07 Å². The number of ether oxygens (including phenoxy) is 1. The van der Waals surface area contributed by atoms with Crippen LogP contribution in [-0.2, 0) is 0 Å². The van der Waals surface area contributed by atoms with Gasteiger partial charge in [-0.2, -0.15) is 0 Å². The lowest BCUT2D eigenvalue weighted by atomic mass is 10.1. The van der Waals surface area contributed by atoms with Crippen molar-refractivity contribution in [2.75, 3.05) is 6.54 Å². The predicted molar refractivity (Wildman–Crippen MR) is 64.2 cm³/mol. The van der Waals surface area contributed by atoms with Crippen LogP contribution >= 0.6 is 0 Å². The van der Waals surface area contributed by atoms with Gasteiger partial charge in [-0.05, 0) is 24.6 Å². The van der Waals surface area contributed by atoms with Crippen molar-refractivity contribution in [1.29, 1.82) is 0 Å². The van der Waals surface area contributed by atoms with E-state index >= 15 is 0 Å². The molecular weight excluding hydrogens is 240 g/mol. The molecule has 1 heterocycles. The van der Waals surface area contributed by atoms with Gasteiger partial charge in [-0.3, -0.25) is 11.3 Å². The minimum Gasteiger partial charge on any atom is -0.433 e. The number of dihydropyridines is 1. The lowest BCUT2D eigenvalue weighted by Crippen LogP contribution is -2.40. The highest BCUT2D eigenvalue weighted by atomic mass is 19.1. The summed E-state index contributed by atoms with van der Waals surface area (Å²) in [6.07, 6.45) is 1.60. The molecule has 1 aliphatic rings. The lowest BCUT2D eigenvalue weighted by Gasteiger charge is -2.19. The summed E-state index contributed by atoms with van der Waals surface area (Å²) in [7, 11) is 0. The first kappa shape index (κ1) is 12.7. The quantitative estimate of drug-likeness (QED) is 0.620. The molecule has 3 N–H and O–H groups in total. The summed E-state index contributed by atoms with van der Waals surface area (Å²) < 4.78 is 31.9. The van der Waals surface area contributed by atoms with Crippen LogP contribution in [0.25, 0.3) is 0 Å². The average molecular weight is 253 g/mol. The molecule has 2 rings (SSSR count). The van der Waals surface area contributed by atoms with E-state index in [4.69, 9.17) is 10.6 Å². The molecule has 0 spiro atoms. The fraction of sp³-hybridized carbons (Fsp3) is 0.250. The largest absolute Gasteiger partial charge is 0.433 e. The van der Waals surface area contributed by atoms with Crippen LogP contribution in [-0.4, -0.2) is 18.5 Å². The van der Waals surface area contributed by atoms with Gasteiger partial charge in [-0.1, -0.05) is 6.07 Å². The number of para-hydroxylation sites is 1. The van der Waals surface area contributed by atoms with Gasteiger partial charge in [0.1, 0.15) is 0 Å². The van der Waals surface area contributed by atoms with Crippen molar-refractivity contribution in [3.05, 3.63) is 41.5 Å². The maximum Gasteiger partial charge on any atom is 0.215 e. The highest BCUT2D eigenvalue weighted by molar-refractivity contribution is 5.91. The Balaban J connectivity index is 2.19. The first-order chi connectivity index (χ1) is 8.61. The van der Waals surface area contributed by atoms with Gasteiger partial charge in [-0.15, -0.1) is 0 Å². The van der Waals surface area contributed by atoms with Crippen LogP contribution in [0, 0.1) is 11.6 Å². The van der Waals surface area contributed by atoms with Gasteiger partial charge in [0.25, 0.3) is 0 Å².